The molecule has 0 N–H and O–H groups in total. The van der Waals surface area contributed by atoms with Crippen molar-refractivity contribution < 1.29 is 22.4 Å². The van der Waals surface area contributed by atoms with Crippen LogP contribution in [0.5, 0.6) is 0 Å². The van der Waals surface area contributed by atoms with Gasteiger partial charge in [0.15, 0.2) is 0 Å². The maximum Gasteiger partial charge on any atom is 1.00 e. The van der Waals surface area contributed by atoms with Gasteiger partial charge in [-0.25, -0.2) is 0 Å². The number of rotatable bonds is 0. The fourth-order valence-corrected chi connectivity index (χ4v) is 0.856. The van der Waals surface area contributed by atoms with Gasteiger partial charge in [-0.1, -0.05) is 24.3 Å². The smallest absolute Gasteiger partial charge is 0.0882 e. The van der Waals surface area contributed by atoms with Crippen LogP contribution in [-0.2, 0) is 22.4 Å². The quantitative estimate of drug-likeness (QED) is 0.431. The second-order valence-corrected chi connectivity index (χ2v) is 2.10. The third kappa shape index (κ3) is 4.71. The maximum absolute atomic E-state index is 2.27. The van der Waals surface area contributed by atoms with Gasteiger partial charge in [0, 0.05) is 0 Å². The molecule has 0 saturated heterocycles. The molecule has 1 aliphatic carbocycles. The second-order valence-electron chi connectivity index (χ2n) is 2.10. The van der Waals surface area contributed by atoms with Crippen LogP contribution in [0.1, 0.15) is 25.7 Å². The predicted molar refractivity (Wildman–Crippen MR) is 36.7 cm³/mol. The van der Waals surface area contributed by atoms with E-state index in [1.165, 1.54) is 25.7 Å². The molecule has 0 spiro atoms. The molecule has 1 aliphatic rings. The first-order valence-corrected chi connectivity index (χ1v) is 3.30. The molecular weight excluding hydrogens is 204 g/mol. The van der Waals surface area contributed by atoms with Crippen LogP contribution >= 0.6 is 0 Å². The third-order valence-corrected chi connectivity index (χ3v) is 1.33. The van der Waals surface area contributed by atoms with Gasteiger partial charge in [0.05, 0.1) is 0 Å². The summed E-state index contributed by atoms with van der Waals surface area (Å²) in [6, 6.07) is 0. The zero-order chi connectivity index (χ0) is 5.66. The zero-order valence-corrected chi connectivity index (χ0v) is 6.92. The van der Waals surface area contributed by atoms with E-state index in [0.717, 1.165) is 0 Å². The summed E-state index contributed by atoms with van der Waals surface area (Å²) in [6.45, 7) is 0. The van der Waals surface area contributed by atoms with E-state index in [2.05, 4.69) is 24.3 Å². The Morgan fingerprint density at radius 1 is 0.556 bits per heavy atom. The Labute approximate surface area is 72.5 Å². The van der Waals surface area contributed by atoms with Gasteiger partial charge in [-0.3, -0.25) is 0 Å². The second kappa shape index (κ2) is 6.34. The monoisotopic (exact) mass is 215 g/mol. The molecule has 54 valence electrons. The Hall–Kier alpha value is 0.220. The first-order valence-electron chi connectivity index (χ1n) is 3.30. The van der Waals surface area contributed by atoms with Crippen LogP contribution < -0.4 is 0 Å². The largest absolute Gasteiger partial charge is 1.00 e. The van der Waals surface area contributed by atoms with Gasteiger partial charge in [-0.15, -0.1) is 0 Å². The van der Waals surface area contributed by atoms with Gasteiger partial charge in [0.25, 0.3) is 0 Å². The van der Waals surface area contributed by atoms with E-state index >= 15 is 0 Å². The summed E-state index contributed by atoms with van der Waals surface area (Å²) in [7, 11) is 0. The minimum Gasteiger partial charge on any atom is -0.0882 e. The maximum atomic E-state index is 2.27. The summed E-state index contributed by atoms with van der Waals surface area (Å²) in [5, 5.41) is 0. The molecule has 0 saturated carbocycles. The van der Waals surface area contributed by atoms with Crippen molar-refractivity contribution in [3.63, 3.8) is 0 Å². The predicted octanol–water partition coefficient (Wildman–Crippen LogP) is 2.67. The van der Waals surface area contributed by atoms with E-state index in [9.17, 15) is 0 Å². The molecule has 0 radical (unpaired) electrons. The molecule has 0 aromatic rings. The normalized spacial score (nSPS) is 17.8. The SMILES string of the molecule is C1=CCCC=CCC1.[Ag+]. The van der Waals surface area contributed by atoms with E-state index in [1.807, 2.05) is 0 Å². The molecule has 0 aromatic heterocycles. The molecule has 0 fully saturated rings. The Morgan fingerprint density at radius 2 is 0.778 bits per heavy atom. The molecule has 0 aliphatic heterocycles. The zero-order valence-electron chi connectivity index (χ0n) is 5.44. The summed E-state index contributed by atoms with van der Waals surface area (Å²) in [4.78, 5) is 0. The van der Waals surface area contributed by atoms with Crippen LogP contribution in [0.4, 0.5) is 0 Å². The number of allylic oxidation sites excluding steroid dienone is 4. The first kappa shape index (κ1) is 9.22. The Bertz CT molecular complexity index is 77.1. The molecule has 0 aromatic carbocycles. The molecule has 1 heteroatoms. The van der Waals surface area contributed by atoms with Crippen LogP contribution in [-0.4, -0.2) is 0 Å². The average Bonchev–Trinajstić information content (AvgIpc) is 1.62. The number of hydrogen-bond acceptors (Lipinski definition) is 0. The molecule has 0 atom stereocenters. The van der Waals surface area contributed by atoms with Crippen LogP contribution in [0.15, 0.2) is 24.3 Å². The molecule has 0 amide bonds. The fraction of sp³-hybridized carbons (Fsp3) is 0.500. The van der Waals surface area contributed by atoms with Crippen LogP contribution in [0.3, 0.4) is 0 Å². The van der Waals surface area contributed by atoms with Gasteiger partial charge in [0.2, 0.25) is 0 Å². The minimum atomic E-state index is 0. The van der Waals surface area contributed by atoms with E-state index < -0.39 is 0 Å². The van der Waals surface area contributed by atoms with Crippen LogP contribution in [0, 0.1) is 0 Å². The summed E-state index contributed by atoms with van der Waals surface area (Å²) < 4.78 is 0. The van der Waals surface area contributed by atoms with Gasteiger partial charge in [-0.05, 0) is 25.7 Å². The fourth-order valence-electron chi connectivity index (χ4n) is 0.856. The Kier molecular flexibility index (Phi) is 6.50. The van der Waals surface area contributed by atoms with Gasteiger partial charge in [0.1, 0.15) is 0 Å². The van der Waals surface area contributed by atoms with E-state index in [-0.39, 0.29) is 22.4 Å². The molecule has 0 heterocycles. The summed E-state index contributed by atoms with van der Waals surface area (Å²) in [5.74, 6) is 0. The first-order chi connectivity index (χ1) is 4.00. The standard InChI is InChI=1S/C8H12.Ag/c1-2-4-6-8-7-5-3-1;/h1-2,7-8H,3-6H2;/q;+1. The van der Waals surface area contributed by atoms with E-state index in [0.29, 0.717) is 0 Å². The number of hydrogen-bond donors (Lipinski definition) is 0. The van der Waals surface area contributed by atoms with E-state index in [1.54, 1.807) is 0 Å². The topological polar surface area (TPSA) is 0 Å². The van der Waals surface area contributed by atoms with Gasteiger partial charge >= 0.3 is 22.4 Å². The summed E-state index contributed by atoms with van der Waals surface area (Å²) in [5.41, 5.74) is 0. The van der Waals surface area contributed by atoms with Crippen molar-refractivity contribution in [1.29, 1.82) is 0 Å². The van der Waals surface area contributed by atoms with E-state index in [4.69, 9.17) is 0 Å². The summed E-state index contributed by atoms with van der Waals surface area (Å²) in [6.07, 6.45) is 14.0. The van der Waals surface area contributed by atoms with Crippen molar-refractivity contribution in [3.05, 3.63) is 24.3 Å². The summed E-state index contributed by atoms with van der Waals surface area (Å²) >= 11 is 0. The molecule has 0 unspecified atom stereocenters. The van der Waals surface area contributed by atoms with Gasteiger partial charge in [-0.2, -0.15) is 0 Å². The Morgan fingerprint density at radius 3 is 1.00 bits per heavy atom. The molecule has 0 nitrogen and oxygen atoms in total. The molecule has 9 heavy (non-hydrogen) atoms. The van der Waals surface area contributed by atoms with Crippen molar-refractivity contribution in [1.82, 2.24) is 0 Å². The average molecular weight is 216 g/mol. The minimum absolute atomic E-state index is 0. The van der Waals surface area contributed by atoms with Crippen molar-refractivity contribution in [2.24, 2.45) is 0 Å². The van der Waals surface area contributed by atoms with Gasteiger partial charge < -0.3 is 0 Å². The Balaban J connectivity index is 0.000000640. The third-order valence-electron chi connectivity index (χ3n) is 1.33. The van der Waals surface area contributed by atoms with Crippen LogP contribution in [0.2, 0.25) is 0 Å². The molecule has 0 bridgehead atoms. The molecule has 1 rings (SSSR count). The van der Waals surface area contributed by atoms with Crippen molar-refractivity contribution in [2.75, 3.05) is 0 Å². The van der Waals surface area contributed by atoms with Crippen molar-refractivity contribution in [2.45, 2.75) is 25.7 Å². The van der Waals surface area contributed by atoms with Crippen molar-refractivity contribution in [3.8, 4) is 0 Å². The van der Waals surface area contributed by atoms with Crippen LogP contribution in [0.25, 0.3) is 0 Å². The van der Waals surface area contributed by atoms with Crippen molar-refractivity contribution >= 4 is 0 Å². The molecular formula is C8H12Ag+.